The summed E-state index contributed by atoms with van der Waals surface area (Å²) in [5.41, 5.74) is -3.84. The molecule has 0 aromatic carbocycles. The Morgan fingerprint density at radius 1 is 0.604 bits per heavy atom. The molecule has 297 valence electrons. The molecule has 35 heteroatoms. The van der Waals surface area contributed by atoms with Crippen LogP contribution in [0, 0.1) is 0 Å². The standard InChI is InChI=1S/C18H26BN4O25P5/c19-49(32,45-52(37,38)47-50(33,34)41-5-7-11(26)13(28)15(43-7)22-3-1-9(24)20-17(22)30)46-53(39,40)48-51(35,36)42-6-8-12(27)14(29)16(44-8)23-4-2-10(25)21-18(23)31/h1-4,7-8,11-16,26-29H,5-6H2,(H,33,34)(H,35,36)(H,37,38)(H,39,40)(H,20,24,30)(H,21,25,31)/q-1/t7-,8-,11-,12-,13-,14-,15-,16-/m1/s1. The van der Waals surface area contributed by atoms with Crippen molar-refractivity contribution in [3.8, 4) is 0 Å². The van der Waals surface area contributed by atoms with E-state index in [1.54, 1.807) is 0 Å². The van der Waals surface area contributed by atoms with Crippen molar-refractivity contribution in [2.45, 2.75) is 49.1 Å². The van der Waals surface area contributed by atoms with Crippen molar-refractivity contribution in [2.75, 3.05) is 13.2 Å². The van der Waals surface area contributed by atoms with Crippen molar-refractivity contribution in [3.05, 3.63) is 66.2 Å². The summed E-state index contributed by atoms with van der Waals surface area (Å²) < 4.78 is 97.0. The van der Waals surface area contributed by atoms with E-state index >= 15 is 0 Å². The number of nitrogens with one attached hydrogen (secondary N) is 2. The summed E-state index contributed by atoms with van der Waals surface area (Å²) >= 11 is 0. The number of rotatable bonds is 16. The van der Waals surface area contributed by atoms with Gasteiger partial charge in [-0.05, 0) is 0 Å². The smallest absolute Gasteiger partial charge is 0.442 e. The van der Waals surface area contributed by atoms with Gasteiger partial charge < -0.3 is 61.6 Å². The first-order chi connectivity index (χ1) is 24.2. The fraction of sp³-hybridized carbons (Fsp3) is 0.556. The van der Waals surface area contributed by atoms with E-state index in [0.29, 0.717) is 9.13 Å². The number of H-pyrrole nitrogens is 2. The number of ether oxygens (including phenoxy) is 2. The molecule has 10 N–H and O–H groups in total. The Morgan fingerprint density at radius 2 is 0.943 bits per heavy atom. The monoisotopic (exact) mass is 864 g/mol. The van der Waals surface area contributed by atoms with Crippen LogP contribution in [-0.2, 0) is 58.6 Å². The van der Waals surface area contributed by atoms with Gasteiger partial charge in [-0.15, -0.1) is 0 Å². The zero-order valence-electron chi connectivity index (χ0n) is 25.6. The summed E-state index contributed by atoms with van der Waals surface area (Å²) in [4.78, 5) is 89.3. The van der Waals surface area contributed by atoms with E-state index in [2.05, 4.69) is 26.3 Å². The number of phosphoric acid groups is 4. The molecule has 2 aliphatic heterocycles. The molecule has 2 aliphatic rings. The average molecular weight is 864 g/mol. The normalized spacial score (nSPS) is 31.9. The molecule has 4 rings (SSSR count). The Kier molecular flexibility index (Phi) is 13.3. The van der Waals surface area contributed by atoms with Gasteiger partial charge in [0.1, 0.15) is 36.6 Å². The molecule has 4 unspecified atom stereocenters. The maximum atomic E-state index is 12.4. The SMILES string of the molecule is [B-]P(=O)(OP(=O)(O)OP(=O)(O)OC[C@H]1O[C@@H](n2ccc(=O)[nH]c2=O)[C@H](O)[C@@H]1O)OP(=O)(O)OP(=O)(O)OC[C@H]1O[C@@H](n2ccc(=O)[nH]c2=O)[C@H](O)[C@@H]1O. The number of aromatic nitrogens is 4. The van der Waals surface area contributed by atoms with E-state index in [9.17, 15) is 82.0 Å². The number of aliphatic hydroxyl groups is 4. The molecule has 0 bridgehead atoms. The summed E-state index contributed by atoms with van der Waals surface area (Å²) in [5.74, 6) is 0. The Labute approximate surface area is 292 Å². The van der Waals surface area contributed by atoms with E-state index in [1.807, 2.05) is 9.97 Å². The zero-order chi connectivity index (χ0) is 39.9. The third-order valence-corrected chi connectivity index (χ3v) is 14.3. The third-order valence-electron chi connectivity index (χ3n) is 6.58. The van der Waals surface area contributed by atoms with Crippen LogP contribution in [0.15, 0.2) is 43.7 Å². The predicted octanol–water partition coefficient (Wildman–Crippen LogP) is -3.90. The molecule has 0 spiro atoms. The number of hydrogen-bond donors (Lipinski definition) is 10. The van der Waals surface area contributed by atoms with Gasteiger partial charge in [0.05, 0.1) is 20.7 Å². The van der Waals surface area contributed by atoms with Gasteiger partial charge in [-0.3, -0.25) is 37.7 Å². The van der Waals surface area contributed by atoms with Gasteiger partial charge in [-0.25, -0.2) is 36.5 Å². The zero-order valence-corrected chi connectivity index (χ0v) is 30.0. The van der Waals surface area contributed by atoms with Crippen LogP contribution in [0.25, 0.3) is 0 Å². The second-order valence-electron chi connectivity index (χ2n) is 10.5. The van der Waals surface area contributed by atoms with Gasteiger partial charge in [0.2, 0.25) is 0 Å². The lowest BCUT2D eigenvalue weighted by Gasteiger charge is -2.29. The molecule has 2 saturated heterocycles. The van der Waals surface area contributed by atoms with E-state index in [4.69, 9.17) is 17.0 Å². The fourth-order valence-corrected chi connectivity index (χ4v) is 11.0. The van der Waals surface area contributed by atoms with Gasteiger partial charge in [0.25, 0.3) is 11.1 Å². The first-order valence-electron chi connectivity index (χ1n) is 13.7. The Hall–Kier alpha value is -2.07. The maximum absolute atomic E-state index is 12.4. The number of aromatic amines is 2. The highest BCUT2D eigenvalue weighted by atomic mass is 31.3. The fourth-order valence-electron chi connectivity index (χ4n) is 4.42. The van der Waals surface area contributed by atoms with Crippen molar-refractivity contribution in [3.63, 3.8) is 0 Å². The second-order valence-corrected chi connectivity index (χ2v) is 18.4. The van der Waals surface area contributed by atoms with Crippen LogP contribution < -0.4 is 22.5 Å². The highest BCUT2D eigenvalue weighted by Gasteiger charge is 2.48. The lowest BCUT2D eigenvalue weighted by Crippen LogP contribution is -2.37. The summed E-state index contributed by atoms with van der Waals surface area (Å²) in [5, 5.41) is 40.7. The minimum atomic E-state index is -6.26. The number of phosphoric ester groups is 2. The molecular weight excluding hydrogens is 838 g/mol. The molecule has 0 aliphatic carbocycles. The van der Waals surface area contributed by atoms with Crippen molar-refractivity contribution in [2.24, 2.45) is 0 Å². The number of nitrogens with zero attached hydrogens (tertiary/aromatic N) is 2. The van der Waals surface area contributed by atoms with Gasteiger partial charge in [0.15, 0.2) is 12.5 Å². The van der Waals surface area contributed by atoms with E-state index in [0.717, 1.165) is 24.5 Å². The van der Waals surface area contributed by atoms with Crippen molar-refractivity contribution < 1.29 is 98.6 Å². The molecule has 2 aromatic heterocycles. The van der Waals surface area contributed by atoms with Crippen LogP contribution in [0.2, 0.25) is 0 Å². The first-order valence-corrected chi connectivity index (χ1v) is 21.3. The molecule has 0 amide bonds. The highest BCUT2D eigenvalue weighted by molar-refractivity contribution is 7.87. The Morgan fingerprint density at radius 3 is 1.26 bits per heavy atom. The average Bonchev–Trinajstić information content (AvgIpc) is 3.42. The van der Waals surface area contributed by atoms with Crippen LogP contribution in [0.1, 0.15) is 12.5 Å². The molecule has 4 heterocycles. The second kappa shape index (κ2) is 16.2. The molecule has 12 atom stereocenters. The molecular formula is C18H26BN4O25P5-. The topological polar surface area (TPSA) is 431 Å². The van der Waals surface area contributed by atoms with Crippen LogP contribution in [0.3, 0.4) is 0 Å². The van der Waals surface area contributed by atoms with Crippen LogP contribution in [-0.4, -0.2) is 117 Å². The van der Waals surface area contributed by atoms with Gasteiger partial charge in [-0.2, -0.15) is 8.62 Å². The largest absolute Gasteiger partial charge is 0.485 e. The van der Waals surface area contributed by atoms with Crippen LogP contribution in [0.4, 0.5) is 0 Å². The van der Waals surface area contributed by atoms with Crippen molar-refractivity contribution in [1.29, 1.82) is 0 Å². The highest BCUT2D eigenvalue weighted by Crippen LogP contribution is 2.73. The van der Waals surface area contributed by atoms with Gasteiger partial charge in [0, 0.05) is 24.5 Å². The molecule has 0 saturated carbocycles. The molecule has 29 nitrogen and oxygen atoms in total. The Bertz CT molecular complexity index is 2010. The lowest BCUT2D eigenvalue weighted by molar-refractivity contribution is -0.0542. The summed E-state index contributed by atoms with van der Waals surface area (Å²) in [6, 6.07) is 1.70. The van der Waals surface area contributed by atoms with Gasteiger partial charge >= 0.3 is 42.7 Å². The minimum Gasteiger partial charge on any atom is -0.442 e. The summed E-state index contributed by atoms with van der Waals surface area (Å²) in [7, 11) is -25.3. The van der Waals surface area contributed by atoms with E-state index in [1.165, 1.54) is 0 Å². The van der Waals surface area contributed by atoms with E-state index in [-0.39, 0.29) is 0 Å². The van der Waals surface area contributed by atoms with Crippen molar-refractivity contribution in [1.82, 2.24) is 19.1 Å². The maximum Gasteiger partial charge on any atom is 0.485 e. The minimum absolute atomic E-state index is 0.626. The molecule has 53 heavy (non-hydrogen) atoms. The summed E-state index contributed by atoms with van der Waals surface area (Å²) in [6.07, 6.45) is -12.9. The molecule has 3 radical (unpaired) electrons. The van der Waals surface area contributed by atoms with Crippen LogP contribution >= 0.6 is 38.8 Å². The van der Waals surface area contributed by atoms with Crippen LogP contribution in [0.5, 0.6) is 0 Å². The molecule has 2 fully saturated rings. The summed E-state index contributed by atoms with van der Waals surface area (Å²) in [6.45, 7) is -2.48. The van der Waals surface area contributed by atoms with Gasteiger partial charge in [-0.1, -0.05) is 0 Å². The van der Waals surface area contributed by atoms with E-state index < -0.39 is 124 Å². The number of hydrogen-bond acceptors (Lipinski definition) is 21. The number of aliphatic hydroxyl groups excluding tert-OH is 4. The lowest BCUT2D eigenvalue weighted by atomic mass is 10.1. The quantitative estimate of drug-likeness (QED) is 0.0569. The third kappa shape index (κ3) is 11.5. The predicted molar refractivity (Wildman–Crippen MR) is 163 cm³/mol. The molecule has 2 aromatic rings. The Balaban J connectivity index is 1.30. The first kappa shape index (κ1) is 43.7. The van der Waals surface area contributed by atoms with Crippen molar-refractivity contribution >= 4 is 46.3 Å².